The second-order valence-corrected chi connectivity index (χ2v) is 4.48. The van der Waals surface area contributed by atoms with Gasteiger partial charge in [-0.15, -0.1) is 11.3 Å². The summed E-state index contributed by atoms with van der Waals surface area (Å²) in [6.45, 7) is 7.64. The van der Waals surface area contributed by atoms with Gasteiger partial charge in [-0.3, -0.25) is 0 Å². The molecule has 0 fully saturated rings. The van der Waals surface area contributed by atoms with E-state index in [1.807, 2.05) is 5.51 Å². The number of nitrogens with one attached hydrogen (secondary N) is 1. The third-order valence-corrected chi connectivity index (χ3v) is 3.36. The van der Waals surface area contributed by atoms with Crippen LogP contribution in [0, 0.1) is 6.92 Å². The molecule has 0 saturated carbocycles. The third-order valence-electron chi connectivity index (χ3n) is 2.32. The van der Waals surface area contributed by atoms with Crippen LogP contribution in [-0.2, 0) is 0 Å². The average molecular weight is 212 g/mol. The molecule has 1 atom stereocenters. The zero-order valence-electron chi connectivity index (χ0n) is 9.34. The Bertz CT molecular complexity index is 258. The molecular weight excluding hydrogens is 192 g/mol. The smallest absolute Gasteiger partial charge is 0.0798 e. The molecule has 2 nitrogen and oxygen atoms in total. The van der Waals surface area contributed by atoms with E-state index in [9.17, 15) is 0 Å². The van der Waals surface area contributed by atoms with Gasteiger partial charge >= 0.3 is 0 Å². The van der Waals surface area contributed by atoms with Gasteiger partial charge in [0.25, 0.3) is 0 Å². The fourth-order valence-corrected chi connectivity index (χ4v) is 2.49. The quantitative estimate of drug-likeness (QED) is 0.782. The van der Waals surface area contributed by atoms with Crippen LogP contribution in [0.2, 0.25) is 0 Å². The van der Waals surface area contributed by atoms with Crippen LogP contribution in [0.25, 0.3) is 0 Å². The van der Waals surface area contributed by atoms with E-state index >= 15 is 0 Å². The first-order valence-electron chi connectivity index (χ1n) is 5.42. The van der Waals surface area contributed by atoms with Crippen molar-refractivity contribution in [3.8, 4) is 0 Å². The number of aromatic nitrogens is 1. The molecule has 14 heavy (non-hydrogen) atoms. The van der Waals surface area contributed by atoms with Crippen molar-refractivity contribution in [2.45, 2.75) is 46.1 Å². The monoisotopic (exact) mass is 212 g/mol. The van der Waals surface area contributed by atoms with E-state index in [-0.39, 0.29) is 0 Å². The molecule has 0 radical (unpaired) electrons. The van der Waals surface area contributed by atoms with Crippen LogP contribution < -0.4 is 5.32 Å². The predicted molar refractivity (Wildman–Crippen MR) is 62.8 cm³/mol. The number of hydrogen-bond acceptors (Lipinski definition) is 3. The Morgan fingerprint density at radius 2 is 2.21 bits per heavy atom. The zero-order chi connectivity index (χ0) is 10.4. The highest BCUT2D eigenvalue weighted by Crippen LogP contribution is 2.25. The van der Waals surface area contributed by atoms with E-state index in [1.54, 1.807) is 11.3 Å². The van der Waals surface area contributed by atoms with E-state index in [0.717, 1.165) is 6.54 Å². The van der Waals surface area contributed by atoms with Crippen LogP contribution in [0.5, 0.6) is 0 Å². The highest BCUT2D eigenvalue weighted by molar-refractivity contribution is 7.09. The molecule has 0 aromatic carbocycles. The van der Waals surface area contributed by atoms with Crippen molar-refractivity contribution in [1.82, 2.24) is 10.3 Å². The lowest BCUT2D eigenvalue weighted by molar-refractivity contribution is 0.498. The second-order valence-electron chi connectivity index (χ2n) is 3.60. The maximum atomic E-state index is 4.31. The standard InChI is InChI=1S/C11H20N2S/c1-4-6-10(12-7-5-2)11-9(3)13-8-14-11/h8,10,12H,4-7H2,1-3H3. The lowest BCUT2D eigenvalue weighted by atomic mass is 10.1. The van der Waals surface area contributed by atoms with Gasteiger partial charge in [0.1, 0.15) is 0 Å². The molecule has 0 amide bonds. The van der Waals surface area contributed by atoms with Gasteiger partial charge in [0.05, 0.1) is 11.2 Å². The molecule has 0 aliphatic heterocycles. The summed E-state index contributed by atoms with van der Waals surface area (Å²) in [6.07, 6.45) is 3.62. The van der Waals surface area contributed by atoms with Gasteiger partial charge in [0, 0.05) is 10.9 Å². The molecule has 1 aromatic heterocycles. The van der Waals surface area contributed by atoms with Crippen LogP contribution in [0.1, 0.15) is 49.7 Å². The summed E-state index contributed by atoms with van der Waals surface area (Å²) in [6, 6.07) is 0.521. The Hall–Kier alpha value is -0.410. The SMILES string of the molecule is CCCNC(CCC)c1scnc1C. The summed E-state index contributed by atoms with van der Waals surface area (Å²) in [4.78, 5) is 5.72. The fourth-order valence-electron chi connectivity index (χ4n) is 1.58. The Morgan fingerprint density at radius 3 is 2.71 bits per heavy atom. The van der Waals surface area contributed by atoms with Crippen LogP contribution in [0.4, 0.5) is 0 Å². The van der Waals surface area contributed by atoms with E-state index in [1.165, 1.54) is 29.8 Å². The van der Waals surface area contributed by atoms with Crippen molar-refractivity contribution in [2.24, 2.45) is 0 Å². The van der Waals surface area contributed by atoms with Crippen molar-refractivity contribution in [3.63, 3.8) is 0 Å². The van der Waals surface area contributed by atoms with Crippen LogP contribution in [0.3, 0.4) is 0 Å². The summed E-state index contributed by atoms with van der Waals surface area (Å²) in [5.41, 5.74) is 3.14. The summed E-state index contributed by atoms with van der Waals surface area (Å²) < 4.78 is 0. The molecule has 0 spiro atoms. The maximum absolute atomic E-state index is 4.31. The first-order chi connectivity index (χ1) is 6.79. The first kappa shape index (κ1) is 11.7. The molecule has 0 bridgehead atoms. The molecule has 1 heterocycles. The van der Waals surface area contributed by atoms with Crippen molar-refractivity contribution in [2.75, 3.05) is 6.54 Å². The highest BCUT2D eigenvalue weighted by atomic mass is 32.1. The largest absolute Gasteiger partial charge is 0.309 e. The minimum absolute atomic E-state index is 0.521. The molecule has 0 aliphatic carbocycles. The van der Waals surface area contributed by atoms with Crippen LogP contribution in [0.15, 0.2) is 5.51 Å². The average Bonchev–Trinajstić information content (AvgIpc) is 2.59. The van der Waals surface area contributed by atoms with Gasteiger partial charge in [-0.1, -0.05) is 20.3 Å². The number of hydrogen-bond donors (Lipinski definition) is 1. The summed E-state index contributed by atoms with van der Waals surface area (Å²) in [5, 5.41) is 3.58. The van der Waals surface area contributed by atoms with E-state index in [0.29, 0.717) is 6.04 Å². The van der Waals surface area contributed by atoms with Gasteiger partial charge in [-0.2, -0.15) is 0 Å². The molecule has 0 aliphatic rings. The second kappa shape index (κ2) is 6.14. The van der Waals surface area contributed by atoms with Crippen LogP contribution >= 0.6 is 11.3 Å². The van der Waals surface area contributed by atoms with Gasteiger partial charge in [-0.05, 0) is 26.3 Å². The third kappa shape index (κ3) is 3.07. The van der Waals surface area contributed by atoms with E-state index in [4.69, 9.17) is 0 Å². The first-order valence-corrected chi connectivity index (χ1v) is 6.30. The topological polar surface area (TPSA) is 24.9 Å². The van der Waals surface area contributed by atoms with Crippen molar-refractivity contribution >= 4 is 11.3 Å². The molecule has 0 saturated heterocycles. The molecule has 1 aromatic rings. The molecule has 3 heteroatoms. The van der Waals surface area contributed by atoms with Gasteiger partial charge < -0.3 is 5.32 Å². The summed E-state index contributed by atoms with van der Waals surface area (Å²) in [7, 11) is 0. The van der Waals surface area contributed by atoms with E-state index in [2.05, 4.69) is 31.1 Å². The fraction of sp³-hybridized carbons (Fsp3) is 0.727. The molecule has 1 rings (SSSR count). The minimum atomic E-state index is 0.521. The molecule has 1 N–H and O–H groups in total. The Labute approximate surface area is 90.8 Å². The Kier molecular flexibility index (Phi) is 5.12. The van der Waals surface area contributed by atoms with Crippen molar-refractivity contribution in [1.29, 1.82) is 0 Å². The summed E-state index contributed by atoms with van der Waals surface area (Å²) in [5.74, 6) is 0. The van der Waals surface area contributed by atoms with Crippen molar-refractivity contribution < 1.29 is 0 Å². The normalized spacial score (nSPS) is 13.1. The number of nitrogens with zero attached hydrogens (tertiary/aromatic N) is 1. The lowest BCUT2D eigenvalue weighted by Crippen LogP contribution is -2.21. The Balaban J connectivity index is 2.62. The van der Waals surface area contributed by atoms with Gasteiger partial charge in [-0.25, -0.2) is 4.98 Å². The Morgan fingerprint density at radius 1 is 1.43 bits per heavy atom. The molecular formula is C11H20N2S. The summed E-state index contributed by atoms with van der Waals surface area (Å²) >= 11 is 1.77. The van der Waals surface area contributed by atoms with E-state index < -0.39 is 0 Å². The van der Waals surface area contributed by atoms with Gasteiger partial charge in [0.2, 0.25) is 0 Å². The number of aryl methyl sites for hydroxylation is 1. The maximum Gasteiger partial charge on any atom is 0.0798 e. The number of thiazole rings is 1. The lowest BCUT2D eigenvalue weighted by Gasteiger charge is -2.16. The van der Waals surface area contributed by atoms with Gasteiger partial charge in [0.15, 0.2) is 0 Å². The van der Waals surface area contributed by atoms with Crippen LogP contribution in [-0.4, -0.2) is 11.5 Å². The molecule has 80 valence electrons. The molecule has 1 unspecified atom stereocenters. The van der Waals surface area contributed by atoms with Crippen molar-refractivity contribution in [3.05, 3.63) is 16.1 Å². The minimum Gasteiger partial charge on any atom is -0.309 e. The highest BCUT2D eigenvalue weighted by Gasteiger charge is 2.13. The predicted octanol–water partition coefficient (Wildman–Crippen LogP) is 3.29. The number of rotatable bonds is 6. The zero-order valence-corrected chi connectivity index (χ0v) is 10.2.